The van der Waals surface area contributed by atoms with Crippen molar-refractivity contribution in [3.8, 4) is 0 Å². The lowest BCUT2D eigenvalue weighted by atomic mass is 10.1. The molecular formula is C28H32BrN3O4S. The Labute approximate surface area is 227 Å². The third-order valence-corrected chi connectivity index (χ3v) is 8.49. The van der Waals surface area contributed by atoms with Gasteiger partial charge in [0, 0.05) is 17.6 Å². The number of nitrogens with zero attached hydrogens (tertiary/aromatic N) is 2. The van der Waals surface area contributed by atoms with Crippen molar-refractivity contribution in [3.63, 3.8) is 0 Å². The molecule has 3 aromatic rings. The van der Waals surface area contributed by atoms with Crippen LogP contribution in [0.25, 0.3) is 0 Å². The van der Waals surface area contributed by atoms with Crippen molar-refractivity contribution in [3.05, 3.63) is 94.0 Å². The fourth-order valence-corrected chi connectivity index (χ4v) is 5.51. The van der Waals surface area contributed by atoms with Crippen LogP contribution in [-0.2, 0) is 26.2 Å². The summed E-state index contributed by atoms with van der Waals surface area (Å²) < 4.78 is 29.5. The summed E-state index contributed by atoms with van der Waals surface area (Å²) in [6.07, 6.45) is 0. The second-order valence-corrected chi connectivity index (χ2v) is 11.6. The van der Waals surface area contributed by atoms with E-state index in [9.17, 15) is 18.0 Å². The summed E-state index contributed by atoms with van der Waals surface area (Å²) in [5, 5.41) is 2.76. The second-order valence-electron chi connectivity index (χ2n) is 8.81. The number of anilines is 1. The first-order valence-corrected chi connectivity index (χ1v) is 14.2. The summed E-state index contributed by atoms with van der Waals surface area (Å²) in [5.41, 5.74) is 3.11. The van der Waals surface area contributed by atoms with Crippen LogP contribution in [0.1, 0.15) is 30.5 Å². The summed E-state index contributed by atoms with van der Waals surface area (Å²) in [6, 6.07) is 19.9. The normalized spacial score (nSPS) is 12.0. The van der Waals surface area contributed by atoms with Crippen LogP contribution in [0.4, 0.5) is 5.69 Å². The Morgan fingerprint density at radius 1 is 0.946 bits per heavy atom. The predicted molar refractivity (Wildman–Crippen MR) is 150 cm³/mol. The molecule has 1 N–H and O–H groups in total. The van der Waals surface area contributed by atoms with Crippen molar-refractivity contribution < 1.29 is 18.0 Å². The van der Waals surface area contributed by atoms with E-state index in [1.165, 1.54) is 17.0 Å². The van der Waals surface area contributed by atoms with Crippen LogP contribution in [0.2, 0.25) is 0 Å². The minimum absolute atomic E-state index is 0.0808. The maximum Gasteiger partial charge on any atom is 0.264 e. The van der Waals surface area contributed by atoms with Gasteiger partial charge in [-0.25, -0.2) is 8.42 Å². The number of halogens is 1. The van der Waals surface area contributed by atoms with Crippen LogP contribution < -0.4 is 9.62 Å². The molecule has 0 spiro atoms. The first-order valence-electron chi connectivity index (χ1n) is 12.0. The molecule has 0 saturated heterocycles. The molecule has 1 atom stereocenters. The lowest BCUT2D eigenvalue weighted by Gasteiger charge is -2.32. The van der Waals surface area contributed by atoms with Gasteiger partial charge >= 0.3 is 0 Å². The van der Waals surface area contributed by atoms with Gasteiger partial charge in [-0.05, 0) is 80.8 Å². The third-order valence-electron chi connectivity index (χ3n) is 6.17. The van der Waals surface area contributed by atoms with E-state index in [-0.39, 0.29) is 17.3 Å². The van der Waals surface area contributed by atoms with E-state index in [0.717, 1.165) is 25.5 Å². The van der Waals surface area contributed by atoms with Gasteiger partial charge in [0.1, 0.15) is 12.6 Å². The molecule has 0 aromatic heterocycles. The van der Waals surface area contributed by atoms with Crippen LogP contribution in [0.15, 0.2) is 82.2 Å². The minimum Gasteiger partial charge on any atom is -0.355 e. The predicted octanol–water partition coefficient (Wildman–Crippen LogP) is 4.81. The number of aryl methyl sites for hydroxylation is 2. The van der Waals surface area contributed by atoms with Crippen LogP contribution in [-0.4, -0.2) is 44.3 Å². The van der Waals surface area contributed by atoms with Crippen molar-refractivity contribution in [1.82, 2.24) is 10.2 Å². The Morgan fingerprint density at radius 3 is 2.19 bits per heavy atom. The largest absolute Gasteiger partial charge is 0.355 e. The van der Waals surface area contributed by atoms with Crippen LogP contribution in [0.3, 0.4) is 0 Å². The molecule has 3 rings (SSSR count). The Bertz CT molecular complexity index is 1350. The second kappa shape index (κ2) is 12.4. The molecule has 2 amide bonds. The number of amides is 2. The van der Waals surface area contributed by atoms with E-state index in [0.29, 0.717) is 12.2 Å². The van der Waals surface area contributed by atoms with Crippen LogP contribution >= 0.6 is 15.9 Å². The van der Waals surface area contributed by atoms with Crippen LogP contribution in [0.5, 0.6) is 0 Å². The van der Waals surface area contributed by atoms with Gasteiger partial charge < -0.3 is 10.2 Å². The zero-order valence-corrected chi connectivity index (χ0v) is 23.8. The summed E-state index contributed by atoms with van der Waals surface area (Å²) in [6.45, 7) is 7.39. The highest BCUT2D eigenvalue weighted by Gasteiger charge is 2.32. The fourth-order valence-electron chi connectivity index (χ4n) is 3.82. The van der Waals surface area contributed by atoms with E-state index < -0.39 is 28.5 Å². The maximum atomic E-state index is 13.8. The lowest BCUT2D eigenvalue weighted by molar-refractivity contribution is -0.139. The molecule has 0 saturated carbocycles. The van der Waals surface area contributed by atoms with Gasteiger partial charge in [0.2, 0.25) is 11.8 Å². The van der Waals surface area contributed by atoms with Gasteiger partial charge in [0.25, 0.3) is 10.0 Å². The Kier molecular flexibility index (Phi) is 9.50. The third kappa shape index (κ3) is 6.99. The van der Waals surface area contributed by atoms with E-state index in [4.69, 9.17) is 0 Å². The number of nitrogens with one attached hydrogen (secondary N) is 1. The molecular weight excluding hydrogens is 554 g/mol. The molecule has 196 valence electrons. The maximum absolute atomic E-state index is 13.8. The fraction of sp³-hybridized carbons (Fsp3) is 0.286. The molecule has 0 aliphatic carbocycles. The monoisotopic (exact) mass is 585 g/mol. The average molecular weight is 587 g/mol. The first kappa shape index (κ1) is 28.4. The number of sulfonamides is 1. The number of hydrogen-bond acceptors (Lipinski definition) is 4. The van der Waals surface area contributed by atoms with Crippen LogP contribution in [0, 0.1) is 13.8 Å². The first-order chi connectivity index (χ1) is 17.5. The van der Waals surface area contributed by atoms with Crippen molar-refractivity contribution in [1.29, 1.82) is 0 Å². The molecule has 7 nitrogen and oxygen atoms in total. The summed E-state index contributed by atoms with van der Waals surface area (Å²) in [7, 11) is -4.07. The van der Waals surface area contributed by atoms with Gasteiger partial charge in [0.15, 0.2) is 0 Å². The number of hydrogen-bond donors (Lipinski definition) is 1. The number of carbonyl (C=O) groups is 2. The van der Waals surface area contributed by atoms with Gasteiger partial charge in [-0.2, -0.15) is 0 Å². The van der Waals surface area contributed by atoms with Crippen molar-refractivity contribution >= 4 is 43.5 Å². The molecule has 3 aromatic carbocycles. The molecule has 0 radical (unpaired) electrons. The topological polar surface area (TPSA) is 86.8 Å². The molecule has 0 heterocycles. The molecule has 37 heavy (non-hydrogen) atoms. The molecule has 0 aliphatic heterocycles. The highest BCUT2D eigenvalue weighted by atomic mass is 79.9. The van der Waals surface area contributed by atoms with Gasteiger partial charge in [-0.1, -0.05) is 52.3 Å². The summed E-state index contributed by atoms with van der Waals surface area (Å²) in [5.74, 6) is -0.795. The standard InChI is InChI=1S/C28H32BrN3O4S/c1-5-30-28(34)22(4)31(18-23-12-14-24(29)15-13-23)27(33)19-32(25-16-11-20(2)21(3)17-25)37(35,36)26-9-7-6-8-10-26/h6-17,22H,5,18-19H2,1-4H3,(H,30,34)/t22-/m1/s1. The molecule has 9 heteroatoms. The molecule has 0 aliphatic rings. The van der Waals surface area contributed by atoms with Gasteiger partial charge in [0.05, 0.1) is 10.6 Å². The highest BCUT2D eigenvalue weighted by molar-refractivity contribution is 9.10. The lowest BCUT2D eigenvalue weighted by Crippen LogP contribution is -2.51. The zero-order chi connectivity index (χ0) is 27.2. The quantitative estimate of drug-likeness (QED) is 0.370. The van der Waals surface area contributed by atoms with Gasteiger partial charge in [-0.3, -0.25) is 13.9 Å². The van der Waals surface area contributed by atoms with Crippen molar-refractivity contribution in [2.75, 3.05) is 17.4 Å². The minimum atomic E-state index is -4.07. The van der Waals surface area contributed by atoms with E-state index >= 15 is 0 Å². The summed E-state index contributed by atoms with van der Waals surface area (Å²) in [4.78, 5) is 28.1. The Hall–Kier alpha value is -3.17. The number of benzene rings is 3. The zero-order valence-electron chi connectivity index (χ0n) is 21.4. The highest BCUT2D eigenvalue weighted by Crippen LogP contribution is 2.26. The van der Waals surface area contributed by atoms with Crippen molar-refractivity contribution in [2.45, 2.75) is 45.2 Å². The number of carbonyl (C=O) groups excluding carboxylic acids is 2. The number of rotatable bonds is 10. The van der Waals surface area contributed by atoms with Gasteiger partial charge in [-0.15, -0.1) is 0 Å². The molecule has 0 bridgehead atoms. The van der Waals surface area contributed by atoms with E-state index in [1.54, 1.807) is 44.2 Å². The summed E-state index contributed by atoms with van der Waals surface area (Å²) >= 11 is 3.41. The van der Waals surface area contributed by atoms with Crippen molar-refractivity contribution in [2.24, 2.45) is 0 Å². The smallest absolute Gasteiger partial charge is 0.264 e. The Morgan fingerprint density at radius 2 is 1.59 bits per heavy atom. The van der Waals surface area contributed by atoms with E-state index in [1.807, 2.05) is 44.2 Å². The molecule has 0 unspecified atom stereocenters. The number of likely N-dealkylation sites (N-methyl/N-ethyl adjacent to an activating group) is 1. The Balaban J connectivity index is 2.03. The molecule has 0 fully saturated rings. The van der Waals surface area contributed by atoms with E-state index in [2.05, 4.69) is 21.2 Å². The SMILES string of the molecule is CCNC(=O)[C@@H](C)N(Cc1ccc(Br)cc1)C(=O)CN(c1ccc(C)c(C)c1)S(=O)(=O)c1ccccc1. The average Bonchev–Trinajstić information content (AvgIpc) is 2.88.